The summed E-state index contributed by atoms with van der Waals surface area (Å²) >= 11 is 0. The molecule has 0 saturated carbocycles. The fourth-order valence-electron chi connectivity index (χ4n) is 5.88. The highest BCUT2D eigenvalue weighted by Gasteiger charge is 2.25. The first-order valence-corrected chi connectivity index (χ1v) is 15.2. The van der Waals surface area contributed by atoms with Gasteiger partial charge in [0.15, 0.2) is 52.5 Å². The van der Waals surface area contributed by atoms with Crippen molar-refractivity contribution in [1.29, 1.82) is 0 Å². The Hall–Kier alpha value is -5.10. The minimum Gasteiger partial charge on any atom is -0.494 e. The molecule has 1 atom stereocenters. The molecule has 4 aromatic carbocycles. The van der Waals surface area contributed by atoms with E-state index in [0.29, 0.717) is 24.3 Å². The van der Waals surface area contributed by atoms with Crippen LogP contribution in [0.3, 0.4) is 0 Å². The summed E-state index contributed by atoms with van der Waals surface area (Å²) in [6.07, 6.45) is 6.26. The molecule has 0 radical (unpaired) electrons. The molecule has 0 bridgehead atoms. The van der Waals surface area contributed by atoms with Gasteiger partial charge in [-0.2, -0.15) is 5.10 Å². The van der Waals surface area contributed by atoms with Crippen molar-refractivity contribution in [3.63, 3.8) is 0 Å². The summed E-state index contributed by atoms with van der Waals surface area (Å²) in [6.45, 7) is 1.20. The Labute approximate surface area is 274 Å². The van der Waals surface area contributed by atoms with E-state index in [-0.39, 0.29) is 40.4 Å². The van der Waals surface area contributed by atoms with Crippen LogP contribution in [0, 0.1) is 23.3 Å². The van der Waals surface area contributed by atoms with Gasteiger partial charge in [-0.05, 0) is 53.6 Å². The average molecular weight is 664 g/mol. The van der Waals surface area contributed by atoms with Crippen molar-refractivity contribution in [3.8, 4) is 45.3 Å². The molecule has 0 amide bonds. The normalized spacial score (nSPS) is 15.1. The maximum atomic E-state index is 14.8. The average Bonchev–Trinajstić information content (AvgIpc) is 3.76. The smallest absolute Gasteiger partial charge is 0.176 e. The second kappa shape index (κ2) is 13.9. The number of aromatic nitrogens is 2. The Morgan fingerprint density at radius 2 is 1.27 bits per heavy atom. The largest absolute Gasteiger partial charge is 0.494 e. The van der Waals surface area contributed by atoms with Crippen molar-refractivity contribution < 1.29 is 41.2 Å². The van der Waals surface area contributed by atoms with Crippen LogP contribution in [0.5, 0.6) is 23.0 Å². The van der Waals surface area contributed by atoms with Gasteiger partial charge in [0.05, 0.1) is 57.8 Å². The molecule has 2 aliphatic heterocycles. The fraction of sp³-hybridized carbons (Fsp3) is 0.278. The highest BCUT2D eigenvalue weighted by Crippen LogP contribution is 2.40. The molecule has 2 aliphatic rings. The van der Waals surface area contributed by atoms with Gasteiger partial charge in [0.2, 0.25) is 0 Å². The van der Waals surface area contributed by atoms with Crippen molar-refractivity contribution in [3.05, 3.63) is 89.1 Å². The number of hydrogen-bond acceptors (Lipinski definition) is 7. The summed E-state index contributed by atoms with van der Waals surface area (Å²) < 4.78 is 86.1. The lowest BCUT2D eigenvalue weighted by molar-refractivity contribution is -0.0366. The number of halogens is 4. The highest BCUT2D eigenvalue weighted by atomic mass is 19.1. The molecular formula is C36H33F4N3O5. The molecule has 250 valence electrons. The summed E-state index contributed by atoms with van der Waals surface area (Å²) in [4.78, 5) is 4.14. The molecule has 1 saturated heterocycles. The minimum atomic E-state index is -0.768. The van der Waals surface area contributed by atoms with E-state index in [1.54, 1.807) is 53.5 Å². The summed E-state index contributed by atoms with van der Waals surface area (Å²) in [5, 5.41) is 5.30. The van der Waals surface area contributed by atoms with E-state index in [4.69, 9.17) is 23.7 Å². The van der Waals surface area contributed by atoms with Crippen LogP contribution in [0.2, 0.25) is 0 Å². The van der Waals surface area contributed by atoms with Gasteiger partial charge in [0.1, 0.15) is 0 Å². The number of nitrogens with zero attached hydrogens (tertiary/aromatic N) is 3. The molecule has 1 aromatic heterocycles. The third-order valence-corrected chi connectivity index (χ3v) is 8.39. The van der Waals surface area contributed by atoms with Gasteiger partial charge in [-0.3, -0.25) is 4.99 Å². The van der Waals surface area contributed by atoms with Crippen molar-refractivity contribution in [2.45, 2.75) is 32.0 Å². The number of hydrogen-bond donors (Lipinski definition) is 0. The quantitative estimate of drug-likeness (QED) is 0.163. The van der Waals surface area contributed by atoms with Gasteiger partial charge in [0, 0.05) is 30.3 Å². The van der Waals surface area contributed by atoms with Crippen LogP contribution in [0.25, 0.3) is 33.2 Å². The topological polar surface area (TPSA) is 76.3 Å². The van der Waals surface area contributed by atoms with Gasteiger partial charge in [0.25, 0.3) is 0 Å². The summed E-state index contributed by atoms with van der Waals surface area (Å²) in [5.41, 5.74) is 3.15. The molecular weight excluding hydrogens is 630 g/mol. The molecule has 12 heteroatoms. The number of methoxy groups -OCH3 is 4. The third-order valence-electron chi connectivity index (χ3n) is 8.39. The van der Waals surface area contributed by atoms with Crippen LogP contribution in [0.15, 0.2) is 59.7 Å². The first kappa shape index (κ1) is 32.8. The molecule has 0 spiro atoms. The van der Waals surface area contributed by atoms with E-state index < -0.39 is 23.3 Å². The van der Waals surface area contributed by atoms with Gasteiger partial charge >= 0.3 is 0 Å². The van der Waals surface area contributed by atoms with Crippen molar-refractivity contribution >= 4 is 17.1 Å². The second-order valence-corrected chi connectivity index (χ2v) is 11.1. The van der Waals surface area contributed by atoms with E-state index in [1.165, 1.54) is 40.6 Å². The van der Waals surface area contributed by atoms with Crippen LogP contribution >= 0.6 is 0 Å². The van der Waals surface area contributed by atoms with Gasteiger partial charge < -0.3 is 23.7 Å². The Balaban J connectivity index is 0.000000173. The predicted octanol–water partition coefficient (Wildman–Crippen LogP) is 8.28. The number of rotatable bonds is 7. The zero-order chi connectivity index (χ0) is 33.9. The predicted molar refractivity (Wildman–Crippen MR) is 173 cm³/mol. The van der Waals surface area contributed by atoms with Crippen molar-refractivity contribution in [2.75, 3.05) is 35.0 Å². The van der Waals surface area contributed by atoms with E-state index in [9.17, 15) is 17.6 Å². The van der Waals surface area contributed by atoms with E-state index in [2.05, 4.69) is 10.1 Å². The Morgan fingerprint density at radius 1 is 0.708 bits per heavy atom. The minimum absolute atomic E-state index is 0.0556. The van der Waals surface area contributed by atoms with E-state index in [0.717, 1.165) is 41.3 Å². The van der Waals surface area contributed by atoms with Gasteiger partial charge in [-0.25, -0.2) is 22.2 Å². The van der Waals surface area contributed by atoms with Gasteiger partial charge in [-0.1, -0.05) is 24.3 Å². The summed E-state index contributed by atoms with van der Waals surface area (Å²) in [6, 6.07) is 12.8. The van der Waals surface area contributed by atoms with E-state index in [1.807, 2.05) is 0 Å². The fourth-order valence-corrected chi connectivity index (χ4v) is 5.88. The molecule has 48 heavy (non-hydrogen) atoms. The molecule has 7 rings (SSSR count). The third kappa shape index (κ3) is 6.03. The maximum Gasteiger partial charge on any atom is 0.176 e. The van der Waals surface area contributed by atoms with Crippen LogP contribution in [-0.2, 0) is 11.3 Å². The number of benzene rings is 4. The lowest BCUT2D eigenvalue weighted by atomic mass is 9.99. The Bertz CT molecular complexity index is 1950. The maximum absolute atomic E-state index is 14.8. The molecule has 1 unspecified atom stereocenters. The van der Waals surface area contributed by atoms with Crippen LogP contribution < -0.4 is 18.9 Å². The Kier molecular flexibility index (Phi) is 9.54. The highest BCUT2D eigenvalue weighted by molar-refractivity contribution is 5.87. The van der Waals surface area contributed by atoms with Crippen LogP contribution in [0.1, 0.15) is 36.6 Å². The molecule has 1 fully saturated rings. The summed E-state index contributed by atoms with van der Waals surface area (Å²) in [5.74, 6) is -3.28. The number of aliphatic imine (C=N–C) groups is 1. The van der Waals surface area contributed by atoms with Crippen LogP contribution in [-0.4, -0.2) is 51.0 Å². The van der Waals surface area contributed by atoms with Crippen LogP contribution in [0.4, 0.5) is 17.6 Å². The molecule has 3 heterocycles. The van der Waals surface area contributed by atoms with E-state index >= 15 is 0 Å². The lowest BCUT2D eigenvalue weighted by Gasteiger charge is -2.23. The standard InChI is InChI=1S/C20H20F2N2O3.C16H13F2NO2/c1-25-15-10-16(26-2)20(22)18(19(15)21)12-6-7-13-11-23-24(14(13)9-12)17-5-3-4-8-27-17;1-20-12-6-13(21-2)16(18)14(15(12)17)9-3-4-10-7-19-8-11(10)5-9/h6-7,9-11,17H,3-5,8H2,1-2H3;3-7H,8H2,1-2H3. The number of fused-ring (bicyclic) bond motifs is 2. The number of ether oxygens (including phenoxy) is 5. The molecule has 8 nitrogen and oxygen atoms in total. The second-order valence-electron chi connectivity index (χ2n) is 11.1. The first-order chi connectivity index (χ1) is 23.3. The Morgan fingerprint density at radius 3 is 1.81 bits per heavy atom. The zero-order valence-electron chi connectivity index (χ0n) is 26.8. The molecule has 0 N–H and O–H groups in total. The van der Waals surface area contributed by atoms with Crippen molar-refractivity contribution in [1.82, 2.24) is 9.78 Å². The van der Waals surface area contributed by atoms with Gasteiger partial charge in [-0.15, -0.1) is 0 Å². The SMILES string of the molecule is COc1cc(OC)c(F)c(-c2ccc3c(c2)CN=C3)c1F.COc1cc(OC)c(F)c(-c2ccc3cnn(C4CCCCO4)c3c2)c1F. The lowest BCUT2D eigenvalue weighted by Crippen LogP contribution is -2.18. The molecule has 5 aromatic rings. The summed E-state index contributed by atoms with van der Waals surface area (Å²) in [7, 11) is 5.32. The molecule has 0 aliphatic carbocycles. The monoisotopic (exact) mass is 663 g/mol. The van der Waals surface area contributed by atoms with Crippen molar-refractivity contribution in [2.24, 2.45) is 4.99 Å². The zero-order valence-corrected chi connectivity index (χ0v) is 26.8. The first-order valence-electron chi connectivity index (χ1n) is 15.2.